The average molecular weight is 322 g/mol. The lowest BCUT2D eigenvalue weighted by Crippen LogP contribution is -2.53. The number of rotatable bonds is 3. The Balaban J connectivity index is 1.70. The molecule has 122 valence electrons. The van der Waals surface area contributed by atoms with Crippen molar-refractivity contribution in [2.75, 3.05) is 19.6 Å². The number of hydrogen-bond acceptors (Lipinski definition) is 4. The fourth-order valence-corrected chi connectivity index (χ4v) is 2.89. The van der Waals surface area contributed by atoms with E-state index >= 15 is 0 Å². The lowest BCUT2D eigenvalue weighted by molar-refractivity contribution is 0.0552. The first kappa shape index (κ1) is 16.0. The van der Waals surface area contributed by atoms with Gasteiger partial charge in [0, 0.05) is 44.0 Å². The van der Waals surface area contributed by atoms with Crippen LogP contribution in [-0.4, -0.2) is 46.4 Å². The minimum Gasteiger partial charge on any atom is -0.335 e. The van der Waals surface area contributed by atoms with E-state index in [-0.39, 0.29) is 17.5 Å². The van der Waals surface area contributed by atoms with Gasteiger partial charge in [-0.2, -0.15) is 5.26 Å². The molecular formula is C18H18N4O2. The quantitative estimate of drug-likeness (QED) is 0.921. The molecule has 0 spiro atoms. The van der Waals surface area contributed by atoms with Crippen molar-refractivity contribution in [2.24, 2.45) is 0 Å². The molecule has 0 unspecified atom stereocenters. The summed E-state index contributed by atoms with van der Waals surface area (Å²) < 4.78 is 0. The number of pyridine rings is 1. The van der Waals surface area contributed by atoms with Crippen molar-refractivity contribution in [3.05, 3.63) is 70.1 Å². The molecule has 1 aromatic heterocycles. The fourth-order valence-electron chi connectivity index (χ4n) is 2.89. The van der Waals surface area contributed by atoms with Gasteiger partial charge in [0.2, 0.25) is 5.56 Å². The lowest BCUT2D eigenvalue weighted by Gasteiger charge is -2.38. The maximum absolute atomic E-state index is 12.5. The van der Waals surface area contributed by atoms with Gasteiger partial charge in [0.25, 0.3) is 5.91 Å². The Bertz CT molecular complexity index is 810. The Morgan fingerprint density at radius 2 is 2.04 bits per heavy atom. The van der Waals surface area contributed by atoms with Crippen LogP contribution in [0.4, 0.5) is 0 Å². The first-order valence-corrected chi connectivity index (χ1v) is 7.83. The molecule has 1 aromatic carbocycles. The number of carbonyl (C=O) groups is 1. The van der Waals surface area contributed by atoms with Crippen molar-refractivity contribution in [2.45, 2.75) is 12.6 Å². The van der Waals surface area contributed by atoms with E-state index in [2.05, 4.69) is 16.0 Å². The summed E-state index contributed by atoms with van der Waals surface area (Å²) in [5.41, 5.74) is 1.19. The van der Waals surface area contributed by atoms with E-state index in [1.807, 2.05) is 30.3 Å². The summed E-state index contributed by atoms with van der Waals surface area (Å²) in [5, 5.41) is 9.47. The SMILES string of the molecule is N#C[C@H]1CN(C(=O)c2cc[nH]c(=O)c2)CCN1Cc1ccccc1. The normalized spacial score (nSPS) is 18.1. The third-order valence-corrected chi connectivity index (χ3v) is 4.18. The maximum atomic E-state index is 12.5. The number of nitriles is 1. The van der Waals surface area contributed by atoms with E-state index in [9.17, 15) is 14.9 Å². The highest BCUT2D eigenvalue weighted by molar-refractivity contribution is 5.94. The molecule has 1 aliphatic heterocycles. The van der Waals surface area contributed by atoms with E-state index in [0.29, 0.717) is 31.7 Å². The van der Waals surface area contributed by atoms with Crippen LogP contribution in [0, 0.1) is 11.3 Å². The van der Waals surface area contributed by atoms with E-state index in [1.54, 1.807) is 11.0 Å². The van der Waals surface area contributed by atoms with Crippen LogP contribution in [0.15, 0.2) is 53.5 Å². The fraction of sp³-hybridized carbons (Fsp3) is 0.278. The molecule has 0 radical (unpaired) electrons. The molecule has 0 bridgehead atoms. The van der Waals surface area contributed by atoms with E-state index in [0.717, 1.165) is 5.56 Å². The van der Waals surface area contributed by atoms with Crippen LogP contribution in [-0.2, 0) is 6.54 Å². The van der Waals surface area contributed by atoms with Crippen LogP contribution in [0.2, 0.25) is 0 Å². The van der Waals surface area contributed by atoms with Crippen molar-refractivity contribution < 1.29 is 4.79 Å². The van der Waals surface area contributed by atoms with Gasteiger partial charge in [-0.3, -0.25) is 14.5 Å². The maximum Gasteiger partial charge on any atom is 0.254 e. The molecule has 0 saturated carbocycles. The zero-order chi connectivity index (χ0) is 16.9. The highest BCUT2D eigenvalue weighted by Crippen LogP contribution is 2.15. The second-order valence-electron chi connectivity index (χ2n) is 5.79. The summed E-state index contributed by atoms with van der Waals surface area (Å²) in [4.78, 5) is 30.1. The minimum absolute atomic E-state index is 0.208. The van der Waals surface area contributed by atoms with Gasteiger partial charge < -0.3 is 9.88 Å². The Morgan fingerprint density at radius 3 is 2.75 bits per heavy atom. The van der Waals surface area contributed by atoms with Gasteiger partial charge in [-0.05, 0) is 11.6 Å². The van der Waals surface area contributed by atoms with Crippen LogP contribution in [0.5, 0.6) is 0 Å². The van der Waals surface area contributed by atoms with E-state index < -0.39 is 0 Å². The molecule has 1 saturated heterocycles. The van der Waals surface area contributed by atoms with Gasteiger partial charge in [0.15, 0.2) is 0 Å². The molecule has 2 heterocycles. The van der Waals surface area contributed by atoms with Gasteiger partial charge in [0.1, 0.15) is 6.04 Å². The molecule has 24 heavy (non-hydrogen) atoms. The smallest absolute Gasteiger partial charge is 0.254 e. The first-order chi connectivity index (χ1) is 11.7. The molecule has 1 fully saturated rings. The monoisotopic (exact) mass is 322 g/mol. The van der Waals surface area contributed by atoms with E-state index in [1.165, 1.54) is 12.3 Å². The van der Waals surface area contributed by atoms with Crippen molar-refractivity contribution in [1.82, 2.24) is 14.8 Å². The predicted molar refractivity (Wildman–Crippen MR) is 89.2 cm³/mol. The number of piperazine rings is 1. The Labute approximate surface area is 139 Å². The number of benzene rings is 1. The van der Waals surface area contributed by atoms with Crippen LogP contribution in [0.25, 0.3) is 0 Å². The summed E-state index contributed by atoms with van der Waals surface area (Å²) >= 11 is 0. The van der Waals surface area contributed by atoms with Crippen molar-refractivity contribution in [3.8, 4) is 6.07 Å². The molecule has 6 heteroatoms. The number of H-pyrrole nitrogens is 1. The third kappa shape index (κ3) is 3.53. The minimum atomic E-state index is -0.357. The topological polar surface area (TPSA) is 80.2 Å². The highest BCUT2D eigenvalue weighted by atomic mass is 16.2. The number of aromatic nitrogens is 1. The number of nitrogens with one attached hydrogen (secondary N) is 1. The molecule has 1 amide bonds. The van der Waals surface area contributed by atoms with E-state index in [4.69, 9.17) is 0 Å². The zero-order valence-corrected chi connectivity index (χ0v) is 13.2. The summed E-state index contributed by atoms with van der Waals surface area (Å²) in [6.45, 7) is 2.19. The zero-order valence-electron chi connectivity index (χ0n) is 13.2. The van der Waals surface area contributed by atoms with Crippen molar-refractivity contribution in [1.29, 1.82) is 5.26 Å². The third-order valence-electron chi connectivity index (χ3n) is 4.18. The standard InChI is InChI=1S/C18H18N4O2/c19-11-16-13-22(18(24)15-6-7-20-17(23)10-15)9-8-21(16)12-14-4-2-1-3-5-14/h1-7,10,16H,8-9,12-13H2,(H,20,23)/t16-/m0/s1. The molecule has 0 aliphatic carbocycles. The van der Waals surface area contributed by atoms with Gasteiger partial charge in [-0.1, -0.05) is 30.3 Å². The largest absolute Gasteiger partial charge is 0.335 e. The van der Waals surface area contributed by atoms with Crippen LogP contribution in [0.3, 0.4) is 0 Å². The van der Waals surface area contributed by atoms with Crippen molar-refractivity contribution in [3.63, 3.8) is 0 Å². The molecule has 6 nitrogen and oxygen atoms in total. The summed E-state index contributed by atoms with van der Waals surface area (Å²) in [6.07, 6.45) is 1.46. The molecule has 1 N–H and O–H groups in total. The predicted octanol–water partition coefficient (Wildman–Crippen LogP) is 1.23. The molecule has 1 atom stereocenters. The molecular weight excluding hydrogens is 304 g/mol. The van der Waals surface area contributed by atoms with Gasteiger partial charge >= 0.3 is 0 Å². The number of hydrogen-bond donors (Lipinski definition) is 1. The van der Waals surface area contributed by atoms with Crippen LogP contribution in [0.1, 0.15) is 15.9 Å². The molecule has 2 aromatic rings. The average Bonchev–Trinajstić information content (AvgIpc) is 2.62. The summed E-state index contributed by atoms with van der Waals surface area (Å²) in [6, 6.07) is 14.8. The summed E-state index contributed by atoms with van der Waals surface area (Å²) in [5.74, 6) is -0.208. The second-order valence-corrected chi connectivity index (χ2v) is 5.79. The number of nitrogens with zero attached hydrogens (tertiary/aromatic N) is 3. The van der Waals surface area contributed by atoms with Crippen LogP contribution >= 0.6 is 0 Å². The van der Waals surface area contributed by atoms with Crippen molar-refractivity contribution >= 4 is 5.91 Å². The number of amides is 1. The van der Waals surface area contributed by atoms with Gasteiger partial charge in [-0.25, -0.2) is 0 Å². The lowest BCUT2D eigenvalue weighted by atomic mass is 10.1. The Morgan fingerprint density at radius 1 is 1.25 bits per heavy atom. The van der Waals surface area contributed by atoms with Gasteiger partial charge in [0.05, 0.1) is 6.07 Å². The highest BCUT2D eigenvalue weighted by Gasteiger charge is 2.30. The molecule has 3 rings (SSSR count). The number of carbonyl (C=O) groups excluding carboxylic acids is 1. The number of aromatic amines is 1. The van der Waals surface area contributed by atoms with Crippen LogP contribution < -0.4 is 5.56 Å². The van der Waals surface area contributed by atoms with Gasteiger partial charge in [-0.15, -0.1) is 0 Å². The molecule has 1 aliphatic rings. The second kappa shape index (κ2) is 7.11. The Kier molecular flexibility index (Phi) is 4.73. The first-order valence-electron chi connectivity index (χ1n) is 7.83. The Hall–Kier alpha value is -2.91. The summed E-state index contributed by atoms with van der Waals surface area (Å²) in [7, 11) is 0.